The van der Waals surface area contributed by atoms with Gasteiger partial charge in [-0.2, -0.15) is 9.97 Å². The summed E-state index contributed by atoms with van der Waals surface area (Å²) in [7, 11) is 0. The molecule has 0 saturated carbocycles. The van der Waals surface area contributed by atoms with Crippen molar-refractivity contribution in [3.63, 3.8) is 0 Å². The van der Waals surface area contributed by atoms with Crippen LogP contribution < -0.4 is 15.8 Å². The molecule has 8 heteroatoms. The highest BCUT2D eigenvalue weighted by atomic mass is 16.5. The summed E-state index contributed by atoms with van der Waals surface area (Å²) in [6.07, 6.45) is 0.748. The van der Waals surface area contributed by atoms with E-state index >= 15 is 0 Å². The summed E-state index contributed by atoms with van der Waals surface area (Å²) in [5.41, 5.74) is 9.51. The highest BCUT2D eigenvalue weighted by Gasteiger charge is 2.09. The third kappa shape index (κ3) is 4.49. The van der Waals surface area contributed by atoms with Gasteiger partial charge in [0.05, 0.1) is 0 Å². The molecule has 2 heterocycles. The first-order valence-corrected chi connectivity index (χ1v) is 9.27. The molecule has 4 rings (SSSR count). The Morgan fingerprint density at radius 1 is 1.03 bits per heavy atom. The van der Waals surface area contributed by atoms with Crippen molar-refractivity contribution < 1.29 is 4.74 Å². The summed E-state index contributed by atoms with van der Waals surface area (Å²) in [4.78, 5) is 12.8. The number of nitrogen functional groups attached to an aromatic ring is 1. The molecule has 4 N–H and O–H groups in total. The van der Waals surface area contributed by atoms with Crippen LogP contribution >= 0.6 is 0 Å². The van der Waals surface area contributed by atoms with Gasteiger partial charge in [-0.25, -0.2) is 4.98 Å². The van der Waals surface area contributed by atoms with E-state index in [0.717, 1.165) is 28.9 Å². The maximum absolute atomic E-state index is 5.87. The zero-order valence-corrected chi connectivity index (χ0v) is 16.2. The SMILES string of the molecule is CCc1cc(Oc2cccc(-c3nc(Nc4cccc(C)c4)n[nH]3)c2)nc(N)n1. The maximum Gasteiger partial charge on any atom is 0.246 e. The Morgan fingerprint density at radius 3 is 2.72 bits per heavy atom. The fourth-order valence-electron chi connectivity index (χ4n) is 2.85. The number of aromatic nitrogens is 5. The molecule has 0 bridgehead atoms. The molecular weight excluding hydrogens is 366 g/mol. The largest absolute Gasteiger partial charge is 0.439 e. The summed E-state index contributed by atoms with van der Waals surface area (Å²) in [6, 6.07) is 17.3. The molecule has 0 radical (unpaired) electrons. The molecule has 0 amide bonds. The van der Waals surface area contributed by atoms with Crippen LogP contribution in [-0.2, 0) is 6.42 Å². The Balaban J connectivity index is 1.53. The molecule has 29 heavy (non-hydrogen) atoms. The zero-order chi connectivity index (χ0) is 20.2. The van der Waals surface area contributed by atoms with E-state index in [1.54, 1.807) is 6.07 Å². The number of anilines is 3. The van der Waals surface area contributed by atoms with Crippen molar-refractivity contribution in [2.24, 2.45) is 0 Å². The molecule has 2 aromatic heterocycles. The van der Waals surface area contributed by atoms with Gasteiger partial charge >= 0.3 is 0 Å². The molecule has 0 unspecified atom stereocenters. The van der Waals surface area contributed by atoms with E-state index in [9.17, 15) is 0 Å². The zero-order valence-electron chi connectivity index (χ0n) is 16.2. The first kappa shape index (κ1) is 18.4. The fourth-order valence-corrected chi connectivity index (χ4v) is 2.85. The van der Waals surface area contributed by atoms with Gasteiger partial charge in [0.1, 0.15) is 5.75 Å². The number of aromatic amines is 1. The molecule has 0 spiro atoms. The lowest BCUT2D eigenvalue weighted by molar-refractivity contribution is 0.461. The lowest BCUT2D eigenvalue weighted by atomic mass is 10.2. The van der Waals surface area contributed by atoms with Gasteiger partial charge in [-0.15, -0.1) is 5.10 Å². The van der Waals surface area contributed by atoms with Gasteiger partial charge in [0.15, 0.2) is 5.82 Å². The number of rotatable bonds is 6. The Hall–Kier alpha value is -3.94. The van der Waals surface area contributed by atoms with Crippen LogP contribution in [0.15, 0.2) is 54.6 Å². The number of aryl methyl sites for hydroxylation is 2. The topological polar surface area (TPSA) is 115 Å². The Morgan fingerprint density at radius 2 is 1.90 bits per heavy atom. The fraction of sp³-hybridized carbons (Fsp3) is 0.143. The standard InChI is InChI=1S/C21H21N7O/c1-3-15-12-18(25-20(22)23-15)29-17-9-5-7-14(11-17)19-26-21(28-27-19)24-16-8-4-6-13(2)10-16/h4-12H,3H2,1-2H3,(H2,22,23,25)(H2,24,26,27,28). The number of benzene rings is 2. The van der Waals surface area contributed by atoms with Crippen molar-refractivity contribution in [1.29, 1.82) is 0 Å². The van der Waals surface area contributed by atoms with Gasteiger partial charge in [-0.1, -0.05) is 31.2 Å². The van der Waals surface area contributed by atoms with E-state index in [4.69, 9.17) is 10.5 Å². The van der Waals surface area contributed by atoms with Crippen LogP contribution in [0.2, 0.25) is 0 Å². The van der Waals surface area contributed by atoms with Crippen molar-refractivity contribution in [2.45, 2.75) is 20.3 Å². The van der Waals surface area contributed by atoms with E-state index in [0.29, 0.717) is 23.4 Å². The Kier molecular flexibility index (Phi) is 5.07. The normalized spacial score (nSPS) is 10.7. The second-order valence-corrected chi connectivity index (χ2v) is 6.54. The molecule has 146 valence electrons. The van der Waals surface area contributed by atoms with Crippen LogP contribution in [0.25, 0.3) is 11.4 Å². The van der Waals surface area contributed by atoms with Gasteiger partial charge in [0.25, 0.3) is 0 Å². The van der Waals surface area contributed by atoms with E-state index in [1.807, 2.05) is 62.4 Å². The number of ether oxygens (including phenoxy) is 1. The number of nitrogens with two attached hydrogens (primary N) is 1. The van der Waals surface area contributed by atoms with Crippen molar-refractivity contribution in [3.8, 4) is 23.0 Å². The van der Waals surface area contributed by atoms with Crippen molar-refractivity contribution in [3.05, 3.63) is 65.9 Å². The predicted octanol–water partition coefficient (Wildman–Crippen LogP) is 4.25. The third-order valence-corrected chi connectivity index (χ3v) is 4.22. The summed E-state index contributed by atoms with van der Waals surface area (Å²) in [5.74, 6) is 2.34. The minimum Gasteiger partial charge on any atom is -0.439 e. The van der Waals surface area contributed by atoms with Gasteiger partial charge < -0.3 is 15.8 Å². The average Bonchev–Trinajstić information content (AvgIpc) is 3.16. The van der Waals surface area contributed by atoms with E-state index in [2.05, 4.69) is 30.5 Å². The molecule has 8 nitrogen and oxygen atoms in total. The Bertz CT molecular complexity index is 1140. The van der Waals surface area contributed by atoms with Crippen molar-refractivity contribution in [1.82, 2.24) is 25.1 Å². The van der Waals surface area contributed by atoms with Crippen LogP contribution in [0.1, 0.15) is 18.2 Å². The van der Waals surface area contributed by atoms with Crippen LogP contribution in [0.5, 0.6) is 11.6 Å². The molecular formula is C21H21N7O. The number of nitrogens with one attached hydrogen (secondary N) is 2. The highest BCUT2D eigenvalue weighted by Crippen LogP contribution is 2.26. The number of H-pyrrole nitrogens is 1. The van der Waals surface area contributed by atoms with E-state index in [1.165, 1.54) is 0 Å². The van der Waals surface area contributed by atoms with Gasteiger partial charge in [-0.05, 0) is 43.2 Å². The van der Waals surface area contributed by atoms with Crippen LogP contribution in [0.3, 0.4) is 0 Å². The summed E-state index contributed by atoms with van der Waals surface area (Å²) in [6.45, 7) is 4.03. The molecule has 0 atom stereocenters. The van der Waals surface area contributed by atoms with Crippen molar-refractivity contribution in [2.75, 3.05) is 11.1 Å². The highest BCUT2D eigenvalue weighted by molar-refractivity contribution is 5.61. The summed E-state index contributed by atoms with van der Waals surface area (Å²) in [5, 5.41) is 10.4. The van der Waals surface area contributed by atoms with Gasteiger partial charge in [0, 0.05) is 23.0 Å². The number of nitrogens with zero attached hydrogens (tertiary/aromatic N) is 4. The van der Waals surface area contributed by atoms with Crippen LogP contribution in [0, 0.1) is 6.92 Å². The molecule has 0 fully saturated rings. The number of hydrogen-bond donors (Lipinski definition) is 3. The molecule has 0 aliphatic carbocycles. The van der Waals surface area contributed by atoms with Crippen molar-refractivity contribution >= 4 is 17.6 Å². The maximum atomic E-state index is 5.87. The van der Waals surface area contributed by atoms with E-state index in [-0.39, 0.29) is 5.95 Å². The summed E-state index contributed by atoms with van der Waals surface area (Å²) >= 11 is 0. The number of hydrogen-bond acceptors (Lipinski definition) is 7. The van der Waals surface area contributed by atoms with Crippen LogP contribution in [0.4, 0.5) is 17.6 Å². The minimum absolute atomic E-state index is 0.192. The van der Waals surface area contributed by atoms with E-state index < -0.39 is 0 Å². The Labute approximate surface area is 168 Å². The smallest absolute Gasteiger partial charge is 0.246 e. The third-order valence-electron chi connectivity index (χ3n) is 4.22. The molecule has 0 aliphatic rings. The van der Waals surface area contributed by atoms with Crippen LogP contribution in [-0.4, -0.2) is 25.1 Å². The average molecular weight is 387 g/mol. The monoisotopic (exact) mass is 387 g/mol. The molecule has 2 aromatic carbocycles. The van der Waals surface area contributed by atoms with Gasteiger partial charge in [-0.3, -0.25) is 5.10 Å². The quantitative estimate of drug-likeness (QED) is 0.453. The second-order valence-electron chi connectivity index (χ2n) is 6.54. The lowest BCUT2D eigenvalue weighted by Gasteiger charge is -2.07. The first-order valence-electron chi connectivity index (χ1n) is 9.27. The predicted molar refractivity (Wildman–Crippen MR) is 112 cm³/mol. The first-order chi connectivity index (χ1) is 14.1. The molecule has 0 saturated heterocycles. The molecule has 0 aliphatic heterocycles. The van der Waals surface area contributed by atoms with Gasteiger partial charge in [0.2, 0.25) is 17.8 Å². The molecule has 4 aromatic rings. The lowest BCUT2D eigenvalue weighted by Crippen LogP contribution is -2.00. The minimum atomic E-state index is 0.192. The second kappa shape index (κ2) is 7.97. The summed E-state index contributed by atoms with van der Waals surface area (Å²) < 4.78 is 5.87.